The third kappa shape index (κ3) is 3.59. The van der Waals surface area contributed by atoms with Crippen molar-refractivity contribution in [2.45, 2.75) is 19.4 Å². The molecule has 1 aliphatic rings. The van der Waals surface area contributed by atoms with Crippen LogP contribution in [-0.2, 0) is 17.8 Å². The zero-order valence-electron chi connectivity index (χ0n) is 12.9. The molecule has 118 valence electrons. The van der Waals surface area contributed by atoms with Crippen molar-refractivity contribution in [2.75, 3.05) is 13.2 Å². The van der Waals surface area contributed by atoms with Gasteiger partial charge in [-0.25, -0.2) is 0 Å². The Kier molecular flexibility index (Phi) is 4.71. The topological polar surface area (TPSA) is 46.6 Å². The highest BCUT2D eigenvalue weighted by Gasteiger charge is 2.21. The normalized spacial score (nSPS) is 13.3. The molecule has 1 aliphatic heterocycles. The van der Waals surface area contributed by atoms with E-state index < -0.39 is 0 Å². The average molecular weight is 309 g/mol. The van der Waals surface area contributed by atoms with Crippen molar-refractivity contribution >= 4 is 12.2 Å². The molecule has 0 aliphatic carbocycles. The lowest BCUT2D eigenvalue weighted by Crippen LogP contribution is -2.35. The molecule has 0 saturated heterocycles. The van der Waals surface area contributed by atoms with Gasteiger partial charge in [0.1, 0.15) is 12.0 Å². The lowest BCUT2D eigenvalue weighted by atomic mass is 9.99. The Bertz CT molecular complexity index is 694. The Labute approximate surface area is 135 Å². The third-order valence-electron chi connectivity index (χ3n) is 4.02. The van der Waals surface area contributed by atoms with Crippen LogP contribution in [0.1, 0.15) is 27.9 Å². The molecule has 0 aromatic heterocycles. The van der Waals surface area contributed by atoms with Crippen LogP contribution in [0.5, 0.6) is 5.75 Å². The second-order valence-electron chi connectivity index (χ2n) is 5.57. The Morgan fingerprint density at radius 2 is 1.83 bits per heavy atom. The van der Waals surface area contributed by atoms with Crippen LogP contribution in [0.3, 0.4) is 0 Å². The van der Waals surface area contributed by atoms with Crippen molar-refractivity contribution in [1.29, 1.82) is 0 Å². The maximum absolute atomic E-state index is 12.6. The maximum atomic E-state index is 12.6. The van der Waals surface area contributed by atoms with E-state index in [1.54, 1.807) is 24.3 Å². The van der Waals surface area contributed by atoms with Gasteiger partial charge in [0.15, 0.2) is 0 Å². The predicted octanol–water partition coefficient (Wildman–Crippen LogP) is 2.85. The summed E-state index contributed by atoms with van der Waals surface area (Å²) in [5, 5.41) is 0. The van der Waals surface area contributed by atoms with Crippen LogP contribution in [0.25, 0.3) is 0 Å². The fourth-order valence-electron chi connectivity index (χ4n) is 2.77. The number of carbonyl (C=O) groups excluding carboxylic acids is 2. The Morgan fingerprint density at radius 1 is 1.09 bits per heavy atom. The highest BCUT2D eigenvalue weighted by atomic mass is 16.5. The molecule has 2 aromatic carbocycles. The van der Waals surface area contributed by atoms with Crippen molar-refractivity contribution in [3.63, 3.8) is 0 Å². The zero-order chi connectivity index (χ0) is 16.1. The van der Waals surface area contributed by atoms with E-state index in [0.29, 0.717) is 30.9 Å². The molecule has 3 rings (SSSR count). The highest BCUT2D eigenvalue weighted by Crippen LogP contribution is 2.21. The zero-order valence-corrected chi connectivity index (χ0v) is 12.9. The quantitative estimate of drug-likeness (QED) is 0.630. The largest absolute Gasteiger partial charge is 0.493 e. The summed E-state index contributed by atoms with van der Waals surface area (Å²) in [4.78, 5) is 24.8. The first-order valence-corrected chi connectivity index (χ1v) is 7.80. The summed E-state index contributed by atoms with van der Waals surface area (Å²) >= 11 is 0. The molecule has 0 fully saturated rings. The minimum Gasteiger partial charge on any atom is -0.493 e. The van der Waals surface area contributed by atoms with E-state index in [0.717, 1.165) is 19.3 Å². The second-order valence-corrected chi connectivity index (χ2v) is 5.57. The Balaban J connectivity index is 1.65. The Morgan fingerprint density at radius 3 is 2.57 bits per heavy atom. The van der Waals surface area contributed by atoms with E-state index in [1.807, 2.05) is 17.0 Å². The molecule has 0 saturated carbocycles. The van der Waals surface area contributed by atoms with Crippen molar-refractivity contribution in [3.05, 3.63) is 65.2 Å². The number of ether oxygens (including phenoxy) is 1. The Hall–Kier alpha value is -2.62. The molecule has 2 aromatic rings. The number of aldehydes is 1. The summed E-state index contributed by atoms with van der Waals surface area (Å²) in [6.45, 7) is 1.76. The van der Waals surface area contributed by atoms with Gasteiger partial charge in [0, 0.05) is 25.1 Å². The van der Waals surface area contributed by atoms with Gasteiger partial charge in [-0.3, -0.25) is 4.79 Å². The molecule has 0 atom stereocenters. The van der Waals surface area contributed by atoms with Gasteiger partial charge in [-0.2, -0.15) is 0 Å². The van der Waals surface area contributed by atoms with E-state index in [1.165, 1.54) is 11.1 Å². The van der Waals surface area contributed by atoms with Crippen LogP contribution in [0.2, 0.25) is 0 Å². The number of rotatable bonds is 5. The van der Waals surface area contributed by atoms with Gasteiger partial charge in [0.05, 0.1) is 6.61 Å². The highest BCUT2D eigenvalue weighted by molar-refractivity contribution is 5.94. The molecule has 1 amide bonds. The molecule has 4 nitrogen and oxygen atoms in total. The van der Waals surface area contributed by atoms with Crippen LogP contribution in [-0.4, -0.2) is 30.2 Å². The fraction of sp³-hybridized carbons (Fsp3) is 0.263. The molecule has 1 heterocycles. The number of nitrogens with zero attached hydrogens (tertiary/aromatic N) is 1. The lowest BCUT2D eigenvalue weighted by molar-refractivity contribution is -0.108. The van der Waals surface area contributed by atoms with Crippen LogP contribution in [0.15, 0.2) is 48.5 Å². The van der Waals surface area contributed by atoms with Gasteiger partial charge in [-0.05, 0) is 41.8 Å². The molecule has 0 N–H and O–H groups in total. The molecule has 0 spiro atoms. The van der Waals surface area contributed by atoms with Crippen LogP contribution in [0, 0.1) is 0 Å². The fourth-order valence-corrected chi connectivity index (χ4v) is 2.77. The first-order chi connectivity index (χ1) is 11.3. The van der Waals surface area contributed by atoms with E-state index in [-0.39, 0.29) is 5.91 Å². The summed E-state index contributed by atoms with van der Waals surface area (Å²) in [6.07, 6.45) is 2.09. The molecular weight excluding hydrogens is 290 g/mol. The SMILES string of the molecule is O=CCCOc1ccc(C(=O)N2CCc3ccccc3C2)cc1. The number of fused-ring (bicyclic) bond motifs is 1. The standard InChI is InChI=1S/C19H19NO3/c21-12-3-13-23-18-8-6-16(7-9-18)19(22)20-11-10-15-4-1-2-5-17(15)14-20/h1-2,4-9,12H,3,10-11,13-14H2. The van der Waals surface area contributed by atoms with Gasteiger partial charge >= 0.3 is 0 Å². The summed E-state index contributed by atoms with van der Waals surface area (Å²) in [7, 11) is 0. The van der Waals surface area contributed by atoms with Crippen molar-refractivity contribution < 1.29 is 14.3 Å². The summed E-state index contributed by atoms with van der Waals surface area (Å²) in [5.41, 5.74) is 3.21. The number of hydrogen-bond donors (Lipinski definition) is 0. The monoisotopic (exact) mass is 309 g/mol. The molecule has 23 heavy (non-hydrogen) atoms. The van der Waals surface area contributed by atoms with Gasteiger partial charge in [0.2, 0.25) is 0 Å². The first kappa shape index (κ1) is 15.3. The van der Waals surface area contributed by atoms with E-state index >= 15 is 0 Å². The van der Waals surface area contributed by atoms with Crippen molar-refractivity contribution in [3.8, 4) is 5.75 Å². The molecular formula is C19H19NO3. The molecule has 0 unspecified atom stereocenters. The molecule has 4 heteroatoms. The van der Waals surface area contributed by atoms with Crippen LogP contribution >= 0.6 is 0 Å². The van der Waals surface area contributed by atoms with Gasteiger partial charge in [0.25, 0.3) is 5.91 Å². The summed E-state index contributed by atoms with van der Waals surface area (Å²) in [5.74, 6) is 0.714. The van der Waals surface area contributed by atoms with E-state index in [9.17, 15) is 9.59 Å². The number of carbonyl (C=O) groups is 2. The number of benzene rings is 2. The van der Waals surface area contributed by atoms with E-state index in [4.69, 9.17) is 4.74 Å². The maximum Gasteiger partial charge on any atom is 0.254 e. The number of amides is 1. The smallest absolute Gasteiger partial charge is 0.254 e. The van der Waals surface area contributed by atoms with Crippen LogP contribution in [0.4, 0.5) is 0 Å². The molecule has 0 radical (unpaired) electrons. The number of hydrogen-bond acceptors (Lipinski definition) is 3. The van der Waals surface area contributed by atoms with Crippen molar-refractivity contribution in [1.82, 2.24) is 4.90 Å². The van der Waals surface area contributed by atoms with E-state index in [2.05, 4.69) is 12.1 Å². The molecule has 0 bridgehead atoms. The van der Waals surface area contributed by atoms with Crippen molar-refractivity contribution in [2.24, 2.45) is 0 Å². The van der Waals surface area contributed by atoms with Gasteiger partial charge < -0.3 is 14.4 Å². The lowest BCUT2D eigenvalue weighted by Gasteiger charge is -2.29. The first-order valence-electron chi connectivity index (χ1n) is 7.80. The third-order valence-corrected chi connectivity index (χ3v) is 4.02. The summed E-state index contributed by atoms with van der Waals surface area (Å²) in [6, 6.07) is 15.4. The van der Waals surface area contributed by atoms with Crippen LogP contribution < -0.4 is 4.74 Å². The second kappa shape index (κ2) is 7.09. The van der Waals surface area contributed by atoms with Gasteiger partial charge in [-0.15, -0.1) is 0 Å². The predicted molar refractivity (Wildman–Crippen MR) is 87.5 cm³/mol. The average Bonchev–Trinajstić information content (AvgIpc) is 2.61. The summed E-state index contributed by atoms with van der Waals surface area (Å²) < 4.78 is 5.42. The minimum absolute atomic E-state index is 0.0407. The minimum atomic E-state index is 0.0407. The van der Waals surface area contributed by atoms with Gasteiger partial charge in [-0.1, -0.05) is 24.3 Å².